The van der Waals surface area contributed by atoms with Crippen LogP contribution in [0.25, 0.3) is 0 Å². The van der Waals surface area contributed by atoms with Gasteiger partial charge in [-0.05, 0) is 49.1 Å². The van der Waals surface area contributed by atoms with Crippen LogP contribution in [-0.2, 0) is 17.9 Å². The summed E-state index contributed by atoms with van der Waals surface area (Å²) in [6.45, 7) is 3.68. The van der Waals surface area contributed by atoms with Crippen LogP contribution in [0.5, 0.6) is 0 Å². The van der Waals surface area contributed by atoms with E-state index < -0.39 is 0 Å². The molecule has 4 heteroatoms. The van der Waals surface area contributed by atoms with Gasteiger partial charge in [0, 0.05) is 35.9 Å². The Bertz CT molecular complexity index is 749. The molecule has 0 unspecified atom stereocenters. The molecule has 0 bridgehead atoms. The highest BCUT2D eigenvalue weighted by molar-refractivity contribution is 6.30. The zero-order valence-electron chi connectivity index (χ0n) is 17.1. The minimum atomic E-state index is 0.329. The van der Waals surface area contributed by atoms with E-state index >= 15 is 0 Å². The number of amides is 1. The third kappa shape index (κ3) is 5.88. The van der Waals surface area contributed by atoms with Crippen LogP contribution in [0.1, 0.15) is 76.0 Å². The van der Waals surface area contributed by atoms with Crippen molar-refractivity contribution in [2.24, 2.45) is 0 Å². The summed E-state index contributed by atoms with van der Waals surface area (Å²) in [7, 11) is 0. The summed E-state index contributed by atoms with van der Waals surface area (Å²) in [6, 6.07) is 12.6. The number of aromatic nitrogens is 1. The number of hydrogen-bond acceptors (Lipinski definition) is 1. The first-order valence-corrected chi connectivity index (χ1v) is 11.2. The molecule has 1 heterocycles. The van der Waals surface area contributed by atoms with Gasteiger partial charge in [-0.2, -0.15) is 0 Å². The molecule has 2 aromatic rings. The summed E-state index contributed by atoms with van der Waals surface area (Å²) in [6.07, 6.45) is 12.2. The Kier molecular flexibility index (Phi) is 8.02. The van der Waals surface area contributed by atoms with E-state index in [9.17, 15) is 4.79 Å². The first kappa shape index (κ1) is 21.0. The number of hydrogen-bond donors (Lipinski definition) is 0. The SMILES string of the molecule is CCCCCC(=O)N(Cc1cccn1Cc1cccc(Cl)c1)C1CCCCC1. The molecule has 1 aromatic carbocycles. The van der Waals surface area contributed by atoms with E-state index in [1.54, 1.807) is 0 Å². The van der Waals surface area contributed by atoms with Gasteiger partial charge in [-0.25, -0.2) is 0 Å². The van der Waals surface area contributed by atoms with Crippen LogP contribution >= 0.6 is 11.6 Å². The summed E-state index contributed by atoms with van der Waals surface area (Å²) in [4.78, 5) is 15.2. The van der Waals surface area contributed by atoms with E-state index in [1.807, 2.05) is 18.2 Å². The van der Waals surface area contributed by atoms with Crippen molar-refractivity contribution in [2.45, 2.75) is 83.8 Å². The van der Waals surface area contributed by atoms with Crippen LogP contribution in [0.3, 0.4) is 0 Å². The highest BCUT2D eigenvalue weighted by Crippen LogP contribution is 2.26. The molecule has 152 valence electrons. The van der Waals surface area contributed by atoms with Gasteiger partial charge >= 0.3 is 0 Å². The third-order valence-electron chi connectivity index (χ3n) is 5.83. The van der Waals surface area contributed by atoms with Gasteiger partial charge in [-0.3, -0.25) is 4.79 Å². The molecule has 1 aromatic heterocycles. The molecule has 0 radical (unpaired) electrons. The van der Waals surface area contributed by atoms with Crippen molar-refractivity contribution in [3.63, 3.8) is 0 Å². The first-order chi connectivity index (χ1) is 13.7. The Morgan fingerprint density at radius 3 is 2.71 bits per heavy atom. The Balaban J connectivity index is 1.73. The largest absolute Gasteiger partial charge is 0.345 e. The number of unbranched alkanes of at least 4 members (excludes halogenated alkanes) is 2. The number of carbonyl (C=O) groups excluding carboxylic acids is 1. The lowest BCUT2D eigenvalue weighted by Crippen LogP contribution is -2.41. The van der Waals surface area contributed by atoms with E-state index in [0.717, 1.165) is 43.7 Å². The van der Waals surface area contributed by atoms with E-state index in [2.05, 4.69) is 40.8 Å². The van der Waals surface area contributed by atoms with Crippen LogP contribution in [-0.4, -0.2) is 21.4 Å². The van der Waals surface area contributed by atoms with Gasteiger partial charge in [0.15, 0.2) is 0 Å². The van der Waals surface area contributed by atoms with E-state index in [-0.39, 0.29) is 0 Å². The van der Waals surface area contributed by atoms with Crippen LogP contribution in [0, 0.1) is 0 Å². The summed E-state index contributed by atoms with van der Waals surface area (Å²) < 4.78 is 2.25. The molecule has 1 saturated carbocycles. The molecule has 0 spiro atoms. The van der Waals surface area contributed by atoms with Crippen LogP contribution in [0.4, 0.5) is 0 Å². The summed E-state index contributed by atoms with van der Waals surface area (Å²) in [5.74, 6) is 0.329. The number of rotatable bonds is 9. The minimum Gasteiger partial charge on any atom is -0.345 e. The van der Waals surface area contributed by atoms with Crippen LogP contribution in [0.15, 0.2) is 42.6 Å². The molecule has 1 amide bonds. The minimum absolute atomic E-state index is 0.329. The van der Waals surface area contributed by atoms with Crippen molar-refractivity contribution >= 4 is 17.5 Å². The summed E-state index contributed by atoms with van der Waals surface area (Å²) >= 11 is 6.15. The lowest BCUT2D eigenvalue weighted by molar-refractivity contribution is -0.135. The Labute approximate surface area is 174 Å². The van der Waals surface area contributed by atoms with Gasteiger partial charge in [0.2, 0.25) is 5.91 Å². The summed E-state index contributed by atoms with van der Waals surface area (Å²) in [5, 5.41) is 0.765. The normalized spacial score (nSPS) is 14.9. The molecule has 1 aliphatic carbocycles. The zero-order chi connectivity index (χ0) is 19.8. The Morgan fingerprint density at radius 2 is 1.96 bits per heavy atom. The Morgan fingerprint density at radius 1 is 1.14 bits per heavy atom. The monoisotopic (exact) mass is 400 g/mol. The number of nitrogens with zero attached hydrogens (tertiary/aromatic N) is 2. The average Bonchev–Trinajstić information content (AvgIpc) is 3.13. The van der Waals surface area contributed by atoms with Gasteiger partial charge in [0.05, 0.1) is 6.54 Å². The van der Waals surface area contributed by atoms with Crippen LogP contribution in [0.2, 0.25) is 5.02 Å². The second kappa shape index (κ2) is 10.7. The fraction of sp³-hybridized carbons (Fsp3) is 0.542. The lowest BCUT2D eigenvalue weighted by Gasteiger charge is -2.35. The molecule has 28 heavy (non-hydrogen) atoms. The van der Waals surface area contributed by atoms with E-state index in [0.29, 0.717) is 24.9 Å². The van der Waals surface area contributed by atoms with Gasteiger partial charge in [0.1, 0.15) is 0 Å². The zero-order valence-corrected chi connectivity index (χ0v) is 17.8. The average molecular weight is 401 g/mol. The third-order valence-corrected chi connectivity index (χ3v) is 6.06. The molecule has 0 aliphatic heterocycles. The molecule has 0 atom stereocenters. The molecule has 1 aliphatic rings. The molecule has 0 saturated heterocycles. The predicted octanol–water partition coefficient (Wildman–Crippen LogP) is 6.43. The maximum absolute atomic E-state index is 13.1. The molecule has 0 N–H and O–H groups in total. The Hall–Kier alpha value is -1.74. The fourth-order valence-electron chi connectivity index (χ4n) is 4.24. The molecular formula is C24H33ClN2O. The van der Waals surface area contributed by atoms with E-state index in [4.69, 9.17) is 11.6 Å². The first-order valence-electron chi connectivity index (χ1n) is 10.9. The maximum Gasteiger partial charge on any atom is 0.223 e. The highest BCUT2D eigenvalue weighted by Gasteiger charge is 2.26. The van der Waals surface area contributed by atoms with Gasteiger partial charge in [-0.15, -0.1) is 0 Å². The quantitative estimate of drug-likeness (QED) is 0.445. The lowest BCUT2D eigenvalue weighted by atomic mass is 9.93. The van der Waals surface area contributed by atoms with Crippen molar-refractivity contribution in [3.05, 3.63) is 58.9 Å². The summed E-state index contributed by atoms with van der Waals surface area (Å²) in [5.41, 5.74) is 2.39. The topological polar surface area (TPSA) is 25.2 Å². The second-order valence-electron chi connectivity index (χ2n) is 8.03. The fourth-order valence-corrected chi connectivity index (χ4v) is 4.45. The number of benzene rings is 1. The van der Waals surface area contributed by atoms with Crippen molar-refractivity contribution in [2.75, 3.05) is 0 Å². The van der Waals surface area contributed by atoms with Gasteiger partial charge < -0.3 is 9.47 Å². The van der Waals surface area contributed by atoms with E-state index in [1.165, 1.54) is 30.5 Å². The standard InChI is InChI=1S/C24H33ClN2O/c1-2-3-5-15-24(28)27(22-12-6-4-7-13-22)19-23-14-9-16-26(23)18-20-10-8-11-21(25)17-20/h8-11,14,16-17,22H,2-7,12-13,15,18-19H2,1H3. The maximum atomic E-state index is 13.1. The van der Waals surface area contributed by atoms with Crippen molar-refractivity contribution in [1.82, 2.24) is 9.47 Å². The van der Waals surface area contributed by atoms with Crippen LogP contribution < -0.4 is 0 Å². The molecule has 1 fully saturated rings. The second-order valence-corrected chi connectivity index (χ2v) is 8.46. The number of carbonyl (C=O) groups is 1. The van der Waals surface area contributed by atoms with Gasteiger partial charge in [0.25, 0.3) is 0 Å². The smallest absolute Gasteiger partial charge is 0.223 e. The number of halogens is 1. The molecular weight excluding hydrogens is 368 g/mol. The van der Waals surface area contributed by atoms with Gasteiger partial charge in [-0.1, -0.05) is 62.8 Å². The molecule has 3 nitrogen and oxygen atoms in total. The van der Waals surface area contributed by atoms with Crippen molar-refractivity contribution in [3.8, 4) is 0 Å². The highest BCUT2D eigenvalue weighted by atomic mass is 35.5. The van der Waals surface area contributed by atoms with Crippen molar-refractivity contribution in [1.29, 1.82) is 0 Å². The molecule has 3 rings (SSSR count). The van der Waals surface area contributed by atoms with Crippen molar-refractivity contribution < 1.29 is 4.79 Å². The predicted molar refractivity (Wildman–Crippen MR) is 117 cm³/mol.